The molecule has 1 N–H and O–H groups in total. The zero-order chi connectivity index (χ0) is 20.6. The van der Waals surface area contributed by atoms with Crippen molar-refractivity contribution in [2.75, 3.05) is 41.6 Å². The number of benzene rings is 1. The van der Waals surface area contributed by atoms with Crippen molar-refractivity contribution in [3.63, 3.8) is 0 Å². The zero-order valence-electron chi connectivity index (χ0n) is 16.8. The number of methoxy groups -OCH3 is 4. The number of hydrogen-bond donors (Lipinski definition) is 1. The molecule has 0 saturated carbocycles. The van der Waals surface area contributed by atoms with Crippen molar-refractivity contribution in [3.05, 3.63) is 17.7 Å². The molecule has 0 aliphatic heterocycles. The minimum atomic E-state index is -0.540. The molecule has 2 atom stereocenters. The van der Waals surface area contributed by atoms with E-state index in [2.05, 4.69) is 0 Å². The van der Waals surface area contributed by atoms with Crippen LogP contribution in [-0.2, 0) is 9.53 Å². The molecule has 0 radical (unpaired) electrons. The van der Waals surface area contributed by atoms with Crippen molar-refractivity contribution in [2.24, 2.45) is 5.92 Å². The van der Waals surface area contributed by atoms with E-state index in [1.807, 2.05) is 6.92 Å². The van der Waals surface area contributed by atoms with Crippen molar-refractivity contribution in [3.8, 4) is 17.2 Å². The molecule has 8 heteroatoms. The van der Waals surface area contributed by atoms with Gasteiger partial charge in [0.25, 0.3) is 5.91 Å². The SMILES string of the molecule is CCC(CO)N(CC(C)C(=O)OC)C(=O)c1cc(OC)c(OC)c(OC)c1. The van der Waals surface area contributed by atoms with Gasteiger partial charge >= 0.3 is 5.97 Å². The summed E-state index contributed by atoms with van der Waals surface area (Å²) in [6.07, 6.45) is 0.528. The van der Waals surface area contributed by atoms with Gasteiger partial charge in [0.1, 0.15) is 0 Å². The predicted molar refractivity (Wildman–Crippen MR) is 99.5 cm³/mol. The highest BCUT2D eigenvalue weighted by Gasteiger charge is 2.29. The highest BCUT2D eigenvalue weighted by atomic mass is 16.5. The fourth-order valence-corrected chi connectivity index (χ4v) is 2.79. The Morgan fingerprint density at radius 3 is 2.00 bits per heavy atom. The molecule has 0 aromatic heterocycles. The molecule has 0 fully saturated rings. The molecule has 0 aliphatic rings. The molecule has 8 nitrogen and oxygen atoms in total. The zero-order valence-corrected chi connectivity index (χ0v) is 16.8. The molecule has 0 saturated heterocycles. The highest BCUT2D eigenvalue weighted by molar-refractivity contribution is 5.96. The summed E-state index contributed by atoms with van der Waals surface area (Å²) in [6.45, 7) is 3.42. The molecule has 0 spiro atoms. The van der Waals surface area contributed by atoms with E-state index in [1.54, 1.807) is 19.1 Å². The van der Waals surface area contributed by atoms with Crippen LogP contribution in [0.2, 0.25) is 0 Å². The molecule has 2 unspecified atom stereocenters. The lowest BCUT2D eigenvalue weighted by Crippen LogP contribution is -2.45. The summed E-state index contributed by atoms with van der Waals surface area (Å²) in [5.74, 6) is -0.255. The Morgan fingerprint density at radius 2 is 1.63 bits per heavy atom. The summed E-state index contributed by atoms with van der Waals surface area (Å²) < 4.78 is 20.6. The third-order valence-electron chi connectivity index (χ3n) is 4.37. The number of ether oxygens (including phenoxy) is 4. The van der Waals surface area contributed by atoms with Gasteiger partial charge in [-0.15, -0.1) is 0 Å². The van der Waals surface area contributed by atoms with Gasteiger partial charge in [0, 0.05) is 12.1 Å². The fourth-order valence-electron chi connectivity index (χ4n) is 2.79. The van der Waals surface area contributed by atoms with E-state index in [-0.39, 0.29) is 19.1 Å². The van der Waals surface area contributed by atoms with Gasteiger partial charge < -0.3 is 29.0 Å². The van der Waals surface area contributed by atoms with Crippen LogP contribution in [0.5, 0.6) is 17.2 Å². The number of carbonyl (C=O) groups excluding carboxylic acids is 2. The van der Waals surface area contributed by atoms with Crippen molar-refractivity contribution >= 4 is 11.9 Å². The van der Waals surface area contributed by atoms with Gasteiger partial charge in [-0.05, 0) is 18.6 Å². The monoisotopic (exact) mass is 383 g/mol. The van der Waals surface area contributed by atoms with Crippen LogP contribution in [0.15, 0.2) is 12.1 Å². The molecule has 152 valence electrons. The van der Waals surface area contributed by atoms with Crippen LogP contribution < -0.4 is 14.2 Å². The van der Waals surface area contributed by atoms with Crippen LogP contribution in [0.4, 0.5) is 0 Å². The number of esters is 1. The van der Waals surface area contributed by atoms with Gasteiger partial charge in [-0.1, -0.05) is 13.8 Å². The third-order valence-corrected chi connectivity index (χ3v) is 4.37. The topological polar surface area (TPSA) is 94.5 Å². The average Bonchev–Trinajstić information content (AvgIpc) is 2.71. The number of amides is 1. The van der Waals surface area contributed by atoms with Crippen molar-refractivity contribution in [1.82, 2.24) is 4.90 Å². The molecule has 27 heavy (non-hydrogen) atoms. The van der Waals surface area contributed by atoms with Crippen LogP contribution >= 0.6 is 0 Å². The maximum absolute atomic E-state index is 13.2. The second-order valence-electron chi connectivity index (χ2n) is 6.04. The summed E-state index contributed by atoms with van der Waals surface area (Å²) in [6, 6.07) is 2.65. The Labute approximate surface area is 160 Å². The van der Waals surface area contributed by atoms with E-state index >= 15 is 0 Å². The number of rotatable bonds is 10. The largest absolute Gasteiger partial charge is 0.493 e. The summed E-state index contributed by atoms with van der Waals surface area (Å²) in [5, 5.41) is 9.71. The predicted octanol–water partition coefficient (Wildman–Crippen LogP) is 1.73. The minimum absolute atomic E-state index is 0.112. The molecular formula is C19H29NO7. The second-order valence-corrected chi connectivity index (χ2v) is 6.04. The van der Waals surface area contributed by atoms with Crippen LogP contribution in [0.3, 0.4) is 0 Å². The average molecular weight is 383 g/mol. The summed E-state index contributed by atoms with van der Waals surface area (Å²) in [7, 11) is 5.70. The van der Waals surface area contributed by atoms with Gasteiger partial charge in [0.15, 0.2) is 11.5 Å². The van der Waals surface area contributed by atoms with E-state index in [1.165, 1.54) is 33.3 Å². The quantitative estimate of drug-likeness (QED) is 0.615. The molecule has 1 amide bonds. The Kier molecular flexibility index (Phi) is 8.87. The lowest BCUT2D eigenvalue weighted by atomic mass is 10.1. The molecule has 1 aromatic rings. The van der Waals surface area contributed by atoms with E-state index < -0.39 is 17.9 Å². The van der Waals surface area contributed by atoms with Gasteiger partial charge in [-0.3, -0.25) is 9.59 Å². The first-order chi connectivity index (χ1) is 12.9. The van der Waals surface area contributed by atoms with Gasteiger partial charge in [-0.25, -0.2) is 0 Å². The van der Waals surface area contributed by atoms with Crippen molar-refractivity contribution < 1.29 is 33.6 Å². The van der Waals surface area contributed by atoms with Crippen LogP contribution in [0, 0.1) is 5.92 Å². The third kappa shape index (κ3) is 5.26. The summed E-state index contributed by atoms with van der Waals surface area (Å²) in [5.41, 5.74) is 0.300. The maximum Gasteiger partial charge on any atom is 0.310 e. The summed E-state index contributed by atoms with van der Waals surface area (Å²) >= 11 is 0. The Hall–Kier alpha value is -2.48. The molecule has 0 aliphatic carbocycles. The molecule has 1 rings (SSSR count). The molecule has 0 heterocycles. The maximum atomic E-state index is 13.2. The lowest BCUT2D eigenvalue weighted by Gasteiger charge is -2.32. The number of nitrogens with zero attached hydrogens (tertiary/aromatic N) is 1. The van der Waals surface area contributed by atoms with Crippen LogP contribution in [-0.4, -0.2) is 69.5 Å². The smallest absolute Gasteiger partial charge is 0.310 e. The van der Waals surface area contributed by atoms with E-state index in [9.17, 15) is 14.7 Å². The van der Waals surface area contributed by atoms with E-state index in [4.69, 9.17) is 18.9 Å². The van der Waals surface area contributed by atoms with Crippen LogP contribution in [0.1, 0.15) is 30.6 Å². The molecule has 1 aromatic carbocycles. The van der Waals surface area contributed by atoms with E-state index in [0.717, 1.165) is 0 Å². The Balaban J connectivity index is 3.33. The van der Waals surface area contributed by atoms with Crippen molar-refractivity contribution in [2.45, 2.75) is 26.3 Å². The number of carbonyl (C=O) groups is 2. The molecular weight excluding hydrogens is 354 g/mol. The highest BCUT2D eigenvalue weighted by Crippen LogP contribution is 2.38. The number of aliphatic hydroxyl groups excluding tert-OH is 1. The number of aliphatic hydroxyl groups is 1. The first-order valence-electron chi connectivity index (χ1n) is 8.67. The second kappa shape index (κ2) is 10.6. The van der Waals surface area contributed by atoms with Gasteiger partial charge in [0.2, 0.25) is 5.75 Å². The minimum Gasteiger partial charge on any atom is -0.493 e. The Bertz CT molecular complexity index is 618. The Morgan fingerprint density at radius 1 is 1.07 bits per heavy atom. The normalized spacial score (nSPS) is 12.7. The van der Waals surface area contributed by atoms with Gasteiger partial charge in [-0.2, -0.15) is 0 Å². The fraction of sp³-hybridized carbons (Fsp3) is 0.579. The van der Waals surface area contributed by atoms with E-state index in [0.29, 0.717) is 29.2 Å². The van der Waals surface area contributed by atoms with Crippen LogP contribution in [0.25, 0.3) is 0 Å². The first kappa shape index (κ1) is 22.6. The number of hydrogen-bond acceptors (Lipinski definition) is 7. The lowest BCUT2D eigenvalue weighted by molar-refractivity contribution is -0.145. The molecule has 0 bridgehead atoms. The standard InChI is InChI=1S/C19H29NO7/c1-7-14(11-21)20(10-12(2)19(23)27-6)18(22)13-8-15(24-3)17(26-5)16(9-13)25-4/h8-9,12,14,21H,7,10-11H2,1-6H3. The van der Waals surface area contributed by atoms with Gasteiger partial charge in [0.05, 0.1) is 47.0 Å². The summed E-state index contributed by atoms with van der Waals surface area (Å²) in [4.78, 5) is 26.5. The first-order valence-corrected chi connectivity index (χ1v) is 8.67. The van der Waals surface area contributed by atoms with Crippen molar-refractivity contribution in [1.29, 1.82) is 0 Å².